The zero-order valence-corrected chi connectivity index (χ0v) is 12.8. The highest BCUT2D eigenvalue weighted by Gasteiger charge is 2.61. The Balaban J connectivity index is 1.75. The van der Waals surface area contributed by atoms with Gasteiger partial charge in [-0.15, -0.1) is 0 Å². The van der Waals surface area contributed by atoms with Crippen molar-refractivity contribution in [2.24, 2.45) is 0 Å². The monoisotopic (exact) mass is 317 g/mol. The summed E-state index contributed by atoms with van der Waals surface area (Å²) in [5, 5.41) is 21.7. The number of aliphatic hydroxyl groups excluding tert-OH is 2. The second-order valence-electron chi connectivity index (χ2n) is 6.70. The second kappa shape index (κ2) is 4.48. The van der Waals surface area contributed by atoms with Crippen LogP contribution in [0.2, 0.25) is 0 Å². The molecular weight excluding hydrogens is 298 g/mol. The van der Waals surface area contributed by atoms with Crippen molar-refractivity contribution in [3.63, 3.8) is 0 Å². The third-order valence-electron chi connectivity index (χ3n) is 5.84. The van der Waals surface area contributed by atoms with Crippen molar-refractivity contribution in [3.05, 3.63) is 35.4 Å². The van der Waals surface area contributed by atoms with Crippen LogP contribution < -0.4 is 9.47 Å². The van der Waals surface area contributed by atoms with Crippen molar-refractivity contribution in [2.75, 3.05) is 20.4 Å². The highest BCUT2D eigenvalue weighted by atomic mass is 16.7. The molecule has 0 saturated carbocycles. The molecule has 1 aromatic carbocycles. The highest BCUT2D eigenvalue weighted by Crippen LogP contribution is 2.56. The fraction of sp³-hybridized carbons (Fsp3) is 0.529. The lowest BCUT2D eigenvalue weighted by Gasteiger charge is -2.48. The first-order valence-electron chi connectivity index (χ1n) is 7.93. The van der Waals surface area contributed by atoms with E-state index in [1.807, 2.05) is 23.1 Å². The molecule has 1 unspecified atom stereocenters. The Bertz CT molecular complexity index is 704. The van der Waals surface area contributed by atoms with Crippen molar-refractivity contribution >= 4 is 0 Å². The summed E-state index contributed by atoms with van der Waals surface area (Å²) in [6.45, 7) is 0.631. The molecule has 23 heavy (non-hydrogen) atoms. The summed E-state index contributed by atoms with van der Waals surface area (Å²) in [7, 11) is 1.69. The maximum atomic E-state index is 10.8. The average molecular weight is 317 g/mol. The number of fused-ring (bicyclic) bond motifs is 2. The molecule has 0 radical (unpaired) electrons. The molecule has 1 aliphatic carbocycles. The summed E-state index contributed by atoms with van der Waals surface area (Å²) < 4.78 is 16.4. The van der Waals surface area contributed by atoms with E-state index in [1.165, 1.54) is 0 Å². The van der Waals surface area contributed by atoms with Crippen molar-refractivity contribution < 1.29 is 24.4 Å². The number of nitrogens with zero attached hydrogens (tertiary/aromatic N) is 1. The van der Waals surface area contributed by atoms with E-state index in [9.17, 15) is 10.2 Å². The maximum absolute atomic E-state index is 10.8. The second-order valence-corrected chi connectivity index (χ2v) is 6.70. The summed E-state index contributed by atoms with van der Waals surface area (Å²) in [6.07, 6.45) is 3.51. The van der Waals surface area contributed by atoms with Gasteiger partial charge in [0.15, 0.2) is 11.5 Å². The van der Waals surface area contributed by atoms with Crippen molar-refractivity contribution in [1.29, 1.82) is 0 Å². The Hall–Kier alpha value is -1.60. The van der Waals surface area contributed by atoms with Crippen LogP contribution in [0.3, 0.4) is 0 Å². The number of hydrogen-bond acceptors (Lipinski definition) is 6. The Morgan fingerprint density at radius 1 is 1.26 bits per heavy atom. The maximum Gasteiger partial charge on any atom is 0.231 e. The summed E-state index contributed by atoms with van der Waals surface area (Å²) in [6, 6.07) is 3.79. The number of ether oxygens (including phenoxy) is 3. The highest BCUT2D eigenvalue weighted by molar-refractivity contribution is 5.57. The van der Waals surface area contributed by atoms with Gasteiger partial charge < -0.3 is 24.4 Å². The van der Waals surface area contributed by atoms with Gasteiger partial charge >= 0.3 is 0 Å². The summed E-state index contributed by atoms with van der Waals surface area (Å²) >= 11 is 0. The molecule has 122 valence electrons. The Kier molecular flexibility index (Phi) is 2.69. The van der Waals surface area contributed by atoms with E-state index in [0.29, 0.717) is 18.0 Å². The number of rotatable bonds is 1. The molecule has 2 bridgehead atoms. The zero-order chi connectivity index (χ0) is 15.8. The predicted molar refractivity (Wildman–Crippen MR) is 80.3 cm³/mol. The lowest BCUT2D eigenvalue weighted by Crippen LogP contribution is -2.53. The third kappa shape index (κ3) is 1.57. The van der Waals surface area contributed by atoms with Gasteiger partial charge in [0.2, 0.25) is 6.79 Å². The first-order chi connectivity index (χ1) is 11.1. The summed E-state index contributed by atoms with van der Waals surface area (Å²) in [5.41, 5.74) is 1.21. The minimum atomic E-state index is -0.751. The van der Waals surface area contributed by atoms with E-state index < -0.39 is 17.7 Å². The largest absolute Gasteiger partial charge is 0.454 e. The van der Waals surface area contributed by atoms with Crippen molar-refractivity contribution in [3.8, 4) is 11.5 Å². The van der Waals surface area contributed by atoms with Gasteiger partial charge in [-0.2, -0.15) is 0 Å². The average Bonchev–Trinajstić information content (AvgIpc) is 3.12. The molecule has 1 fully saturated rings. The number of hydrogen-bond donors (Lipinski definition) is 2. The van der Waals surface area contributed by atoms with Crippen molar-refractivity contribution in [1.82, 2.24) is 4.90 Å². The quantitative estimate of drug-likeness (QED) is 0.742. The van der Waals surface area contributed by atoms with Gasteiger partial charge in [-0.25, -0.2) is 0 Å². The van der Waals surface area contributed by atoms with Gasteiger partial charge in [-0.1, -0.05) is 12.2 Å². The van der Waals surface area contributed by atoms with Crippen LogP contribution in [-0.4, -0.2) is 53.8 Å². The van der Waals surface area contributed by atoms with Crippen LogP contribution >= 0.6 is 0 Å². The van der Waals surface area contributed by atoms with E-state index in [2.05, 4.69) is 6.08 Å². The van der Waals surface area contributed by atoms with Crippen LogP contribution in [0.1, 0.15) is 23.8 Å². The fourth-order valence-corrected chi connectivity index (χ4v) is 4.71. The lowest BCUT2D eigenvalue weighted by atomic mass is 9.65. The summed E-state index contributed by atoms with van der Waals surface area (Å²) in [4.78, 5) is 1.98. The molecule has 0 spiro atoms. The van der Waals surface area contributed by atoms with Gasteiger partial charge in [-0.3, -0.25) is 4.90 Å². The Morgan fingerprint density at radius 3 is 2.83 bits per heavy atom. The zero-order valence-electron chi connectivity index (χ0n) is 12.8. The van der Waals surface area contributed by atoms with Crippen LogP contribution in [0, 0.1) is 0 Å². The molecule has 6 nitrogen and oxygen atoms in total. The molecule has 6 atom stereocenters. The molecule has 0 amide bonds. The van der Waals surface area contributed by atoms with Gasteiger partial charge in [-0.05, 0) is 24.1 Å². The van der Waals surface area contributed by atoms with E-state index in [-0.39, 0.29) is 18.9 Å². The van der Waals surface area contributed by atoms with Gasteiger partial charge in [0.25, 0.3) is 0 Å². The van der Waals surface area contributed by atoms with Gasteiger partial charge in [0.1, 0.15) is 6.23 Å². The van der Waals surface area contributed by atoms with E-state index in [1.54, 1.807) is 7.11 Å². The molecule has 3 aliphatic heterocycles. The first-order valence-corrected chi connectivity index (χ1v) is 7.93. The Morgan fingerprint density at radius 2 is 2.04 bits per heavy atom. The normalized spacial score (nSPS) is 42.5. The van der Waals surface area contributed by atoms with E-state index >= 15 is 0 Å². The molecule has 6 heteroatoms. The molecule has 1 aromatic rings. The fourth-order valence-electron chi connectivity index (χ4n) is 4.71. The smallest absolute Gasteiger partial charge is 0.231 e. The SMILES string of the molecule is CO[C@H]1C=C[C@@]23c4cc5c(cc4[C@@H](O)N(C[C@H]2O)[C@H]3C1)OCO5. The van der Waals surface area contributed by atoms with Crippen LogP contribution in [0.5, 0.6) is 11.5 Å². The minimum Gasteiger partial charge on any atom is -0.454 e. The number of aliphatic hydroxyl groups is 2. The minimum absolute atomic E-state index is 0.00341. The molecule has 0 aromatic heterocycles. The molecule has 3 heterocycles. The third-order valence-corrected chi connectivity index (χ3v) is 5.84. The number of methoxy groups -OCH3 is 1. The Labute approximate surface area is 133 Å². The lowest BCUT2D eigenvalue weighted by molar-refractivity contribution is -0.0399. The number of benzene rings is 1. The van der Waals surface area contributed by atoms with E-state index in [0.717, 1.165) is 17.5 Å². The van der Waals surface area contributed by atoms with Crippen LogP contribution in [-0.2, 0) is 10.2 Å². The first kappa shape index (κ1) is 13.8. The molecular formula is C17H19NO5. The topological polar surface area (TPSA) is 71.4 Å². The molecule has 1 saturated heterocycles. The van der Waals surface area contributed by atoms with Crippen LogP contribution in [0.15, 0.2) is 24.3 Å². The summed E-state index contributed by atoms with van der Waals surface area (Å²) in [5.74, 6) is 1.33. The van der Waals surface area contributed by atoms with Crippen LogP contribution in [0.25, 0.3) is 0 Å². The van der Waals surface area contributed by atoms with Crippen molar-refractivity contribution in [2.45, 2.75) is 36.3 Å². The van der Waals surface area contributed by atoms with Gasteiger partial charge in [0.05, 0.1) is 17.6 Å². The standard InChI is InChI=1S/C17H19NO5/c1-21-9-2-3-17-11-6-13-12(22-8-23-13)5-10(11)16(20)18(7-15(17)19)14(17)4-9/h2-3,5-6,9,14-16,19-20H,4,7-8H2,1H3/t9-,14-,15+,16+,17-/m0/s1. The van der Waals surface area contributed by atoms with Crippen LogP contribution in [0.4, 0.5) is 0 Å². The predicted octanol–water partition coefficient (Wildman–Crippen LogP) is 0.678. The molecule has 2 N–H and O–H groups in total. The molecule has 5 rings (SSSR count). The molecule has 4 aliphatic rings. The van der Waals surface area contributed by atoms with E-state index in [4.69, 9.17) is 14.2 Å². The van der Waals surface area contributed by atoms with Gasteiger partial charge in [0, 0.05) is 25.3 Å².